The second-order valence-corrected chi connectivity index (χ2v) is 8.58. The summed E-state index contributed by atoms with van der Waals surface area (Å²) in [7, 11) is 0. The highest BCUT2D eigenvalue weighted by Crippen LogP contribution is 2.37. The molecule has 3 aromatic rings. The summed E-state index contributed by atoms with van der Waals surface area (Å²) < 4.78 is 12.9. The van der Waals surface area contributed by atoms with Crippen molar-refractivity contribution in [3.8, 4) is 0 Å². The summed E-state index contributed by atoms with van der Waals surface area (Å²) >= 11 is 10.5. The molecule has 2 heterocycles. The largest absolute Gasteiger partial charge is 0.593 e. The van der Waals surface area contributed by atoms with E-state index in [9.17, 15) is 4.55 Å². The first kappa shape index (κ1) is 19.1. The van der Waals surface area contributed by atoms with E-state index in [1.807, 2.05) is 27.7 Å². The van der Waals surface area contributed by atoms with Crippen molar-refractivity contribution in [1.29, 1.82) is 0 Å². The number of azo groups is 1. The fourth-order valence-corrected chi connectivity index (χ4v) is 3.51. The van der Waals surface area contributed by atoms with E-state index < -0.39 is 11.4 Å². The van der Waals surface area contributed by atoms with Crippen molar-refractivity contribution < 1.29 is 4.55 Å². The minimum Gasteiger partial charge on any atom is -0.593 e. The predicted molar refractivity (Wildman–Crippen MR) is 102 cm³/mol. The molecule has 0 aliphatic rings. The van der Waals surface area contributed by atoms with E-state index in [-0.39, 0.29) is 20.4 Å². The quantitative estimate of drug-likeness (QED) is 0.488. The lowest BCUT2D eigenvalue weighted by atomic mass is 9.91. The number of hydrogen-bond donors (Lipinski definition) is 2. The van der Waals surface area contributed by atoms with Crippen LogP contribution in [0, 0.1) is 6.92 Å². The highest BCUT2D eigenvalue weighted by atomic mass is 35.5. The molecule has 0 bridgehead atoms. The Kier molecular flexibility index (Phi) is 5.02. The number of halogens is 2. The summed E-state index contributed by atoms with van der Waals surface area (Å²) in [6.07, 6.45) is 0. The summed E-state index contributed by atoms with van der Waals surface area (Å²) in [5.41, 5.74) is 2.01. The number of benzene rings is 1. The maximum absolute atomic E-state index is 11.4. The van der Waals surface area contributed by atoms with Gasteiger partial charge in [0.1, 0.15) is 11.5 Å². The van der Waals surface area contributed by atoms with Crippen LogP contribution in [0.4, 0.5) is 11.4 Å². The van der Waals surface area contributed by atoms with Gasteiger partial charge in [0.25, 0.3) is 0 Å². The Morgan fingerprint density at radius 1 is 1.19 bits per heavy atom. The maximum Gasteiger partial charge on any atom is 0.193 e. The van der Waals surface area contributed by atoms with E-state index >= 15 is 0 Å². The van der Waals surface area contributed by atoms with Gasteiger partial charge in [-0.05, 0) is 13.0 Å². The first-order chi connectivity index (χ1) is 12.1. The third kappa shape index (κ3) is 3.58. The summed E-state index contributed by atoms with van der Waals surface area (Å²) in [4.78, 5) is 3.36. The van der Waals surface area contributed by atoms with Crippen molar-refractivity contribution in [2.45, 2.75) is 38.0 Å². The van der Waals surface area contributed by atoms with Crippen molar-refractivity contribution in [2.24, 2.45) is 15.4 Å². The first-order valence-corrected chi connectivity index (χ1v) is 9.58. The average molecular weight is 414 g/mol. The molecule has 0 saturated carbocycles. The number of nitrogens with one attached hydrogen (secondary N) is 1. The second kappa shape index (κ2) is 6.82. The summed E-state index contributed by atoms with van der Waals surface area (Å²) in [5.74, 6) is 0.709. The molecular formula is C15H17Cl2N7OS. The minimum atomic E-state index is -1.74. The van der Waals surface area contributed by atoms with Crippen LogP contribution in [-0.2, 0) is 16.8 Å². The van der Waals surface area contributed by atoms with Gasteiger partial charge in [-0.1, -0.05) is 44.0 Å². The van der Waals surface area contributed by atoms with E-state index in [0.717, 1.165) is 5.69 Å². The average Bonchev–Trinajstić information content (AvgIpc) is 3.03. The number of H-pyrrole nitrogens is 1. The lowest BCUT2D eigenvalue weighted by Gasteiger charge is -2.15. The molecule has 0 aliphatic heterocycles. The molecule has 1 unspecified atom stereocenters. The number of nitrogens with two attached hydrogens (primary N) is 1. The molecule has 0 spiro atoms. The Bertz CT molecular complexity index is 1000. The van der Waals surface area contributed by atoms with Crippen molar-refractivity contribution in [3.63, 3.8) is 0 Å². The third-order valence-electron chi connectivity index (χ3n) is 3.57. The van der Waals surface area contributed by atoms with Gasteiger partial charge in [-0.25, -0.2) is 0 Å². The van der Waals surface area contributed by atoms with Crippen molar-refractivity contribution in [2.75, 3.05) is 0 Å². The van der Waals surface area contributed by atoms with Crippen LogP contribution in [0.2, 0.25) is 10.0 Å². The van der Waals surface area contributed by atoms with Crippen LogP contribution in [0.3, 0.4) is 0 Å². The van der Waals surface area contributed by atoms with Crippen molar-refractivity contribution in [3.05, 3.63) is 33.7 Å². The summed E-state index contributed by atoms with van der Waals surface area (Å²) in [6, 6.07) is 2.90. The van der Waals surface area contributed by atoms with Gasteiger partial charge in [0.2, 0.25) is 0 Å². The SMILES string of the molecule is Cc1nn2nc(C(C)(C)C)c(/N=N/c3cc(Cl)c([S+](N)[O-])cc3Cl)c2[nH]1. The van der Waals surface area contributed by atoms with Gasteiger partial charge in [0.05, 0.1) is 27.1 Å². The van der Waals surface area contributed by atoms with Crippen molar-refractivity contribution >= 4 is 51.6 Å². The first-order valence-electron chi connectivity index (χ1n) is 7.61. The van der Waals surface area contributed by atoms with E-state index in [4.69, 9.17) is 28.3 Å². The molecule has 138 valence electrons. The van der Waals surface area contributed by atoms with E-state index in [0.29, 0.717) is 22.8 Å². The standard InChI is InChI=1S/C15H17Cl2N7OS/c1-7-19-14-12(13(15(2,3)4)23-24(14)22-7)21-20-10-5-9(17)11(26(18)25)6-8(10)16/h5-6H,18H2,1-4H3,(H,19,22)/b21-20+. The molecule has 2 aromatic heterocycles. The number of hydrogen-bond acceptors (Lipinski definition) is 6. The molecule has 1 aromatic carbocycles. The van der Waals surface area contributed by atoms with Crippen LogP contribution in [0.5, 0.6) is 0 Å². The smallest absolute Gasteiger partial charge is 0.193 e. The monoisotopic (exact) mass is 413 g/mol. The maximum atomic E-state index is 11.4. The highest BCUT2D eigenvalue weighted by molar-refractivity contribution is 7.89. The molecule has 8 nitrogen and oxygen atoms in total. The van der Waals surface area contributed by atoms with Crippen LogP contribution in [0.25, 0.3) is 5.65 Å². The fraction of sp³-hybridized carbons (Fsp3) is 0.333. The zero-order valence-electron chi connectivity index (χ0n) is 14.5. The van der Waals surface area contributed by atoms with Gasteiger partial charge < -0.3 is 9.54 Å². The molecule has 0 amide bonds. The van der Waals surface area contributed by atoms with Gasteiger partial charge in [0.15, 0.2) is 16.2 Å². The molecule has 11 heteroatoms. The Morgan fingerprint density at radius 2 is 1.88 bits per heavy atom. The Labute approximate surface area is 163 Å². The Morgan fingerprint density at radius 3 is 2.50 bits per heavy atom. The summed E-state index contributed by atoms with van der Waals surface area (Å²) in [6.45, 7) is 7.90. The predicted octanol–water partition coefficient (Wildman–Crippen LogP) is 4.37. The molecule has 0 fully saturated rings. The van der Waals surface area contributed by atoms with Gasteiger partial charge in [0, 0.05) is 11.5 Å². The molecule has 3 rings (SSSR count). The molecule has 3 N–H and O–H groups in total. The second-order valence-electron chi connectivity index (χ2n) is 6.73. The van der Waals surface area contributed by atoms with Gasteiger partial charge >= 0.3 is 0 Å². The van der Waals surface area contributed by atoms with Crippen LogP contribution in [0.15, 0.2) is 27.3 Å². The molecule has 26 heavy (non-hydrogen) atoms. The zero-order valence-corrected chi connectivity index (χ0v) is 16.9. The number of aromatic nitrogens is 4. The Hall–Kier alpha value is -1.65. The van der Waals surface area contributed by atoms with Crippen LogP contribution in [0.1, 0.15) is 32.3 Å². The Balaban J connectivity index is 2.10. The molecular weight excluding hydrogens is 397 g/mol. The topological polar surface area (TPSA) is 120 Å². The number of fused-ring (bicyclic) bond motifs is 1. The molecule has 0 saturated heterocycles. The number of aromatic amines is 1. The van der Waals surface area contributed by atoms with Gasteiger partial charge in [-0.2, -0.15) is 5.10 Å². The van der Waals surface area contributed by atoms with E-state index in [1.165, 1.54) is 16.8 Å². The van der Waals surface area contributed by atoms with Crippen LogP contribution in [-0.4, -0.2) is 24.4 Å². The molecule has 1 atom stereocenters. The van der Waals surface area contributed by atoms with Crippen LogP contribution >= 0.6 is 23.2 Å². The molecule has 0 aliphatic carbocycles. The lowest BCUT2D eigenvalue weighted by Crippen LogP contribution is -2.12. The van der Waals surface area contributed by atoms with E-state index in [2.05, 4.69) is 25.4 Å². The fourth-order valence-electron chi connectivity index (χ4n) is 2.37. The van der Waals surface area contributed by atoms with E-state index in [1.54, 1.807) is 0 Å². The number of nitrogens with zero attached hydrogens (tertiary/aromatic N) is 5. The normalized spacial score (nSPS) is 13.8. The lowest BCUT2D eigenvalue weighted by molar-refractivity contribution is 0.557. The molecule has 0 radical (unpaired) electrons. The highest BCUT2D eigenvalue weighted by Gasteiger charge is 2.26. The van der Waals surface area contributed by atoms with Crippen LogP contribution < -0.4 is 5.14 Å². The summed E-state index contributed by atoms with van der Waals surface area (Å²) in [5, 5.41) is 23.2. The number of aryl methyl sites for hydroxylation is 1. The van der Waals surface area contributed by atoms with Crippen molar-refractivity contribution in [1.82, 2.24) is 19.8 Å². The van der Waals surface area contributed by atoms with Gasteiger partial charge in [-0.15, -0.1) is 25.1 Å². The third-order valence-corrected chi connectivity index (χ3v) is 5.07. The zero-order chi connectivity index (χ0) is 19.2. The number of rotatable bonds is 3. The minimum absolute atomic E-state index is 0.206. The van der Waals surface area contributed by atoms with Gasteiger partial charge in [-0.3, -0.25) is 0 Å².